The Balaban J connectivity index is 2.54. The summed E-state index contributed by atoms with van der Waals surface area (Å²) < 4.78 is 10.3. The van der Waals surface area contributed by atoms with E-state index in [2.05, 4.69) is 5.48 Å². The van der Waals surface area contributed by atoms with Crippen molar-refractivity contribution in [3.05, 3.63) is 29.8 Å². The first-order valence-electron chi connectivity index (χ1n) is 6.72. The Kier molecular flexibility index (Phi) is 6.45. The maximum atomic E-state index is 11.4. The molecule has 6 heteroatoms. The third-order valence-electron chi connectivity index (χ3n) is 2.64. The van der Waals surface area contributed by atoms with Crippen molar-refractivity contribution in [3.63, 3.8) is 0 Å². The Bertz CT molecular complexity index is 456. The standard InChI is InChI=1S/C15H23NO5/c1-15(2,3)21-14(18)16-20-10-11(9-17)12-7-5-6-8-13(12)19-4/h5-8,11,17H,9-10H2,1-4H3,(H,16,18). The van der Waals surface area contributed by atoms with Gasteiger partial charge in [0.25, 0.3) is 0 Å². The first kappa shape index (κ1) is 17.3. The number of aliphatic hydroxyl groups excluding tert-OH is 1. The minimum Gasteiger partial charge on any atom is -0.496 e. The quantitative estimate of drug-likeness (QED) is 0.787. The molecule has 0 aliphatic heterocycles. The molecule has 1 rings (SSSR count). The van der Waals surface area contributed by atoms with Gasteiger partial charge in [-0.2, -0.15) is 5.48 Å². The van der Waals surface area contributed by atoms with Crippen molar-refractivity contribution in [2.45, 2.75) is 32.3 Å². The van der Waals surface area contributed by atoms with Gasteiger partial charge in [-0.25, -0.2) is 4.79 Å². The molecule has 1 aromatic rings. The molecule has 0 aliphatic rings. The molecule has 6 nitrogen and oxygen atoms in total. The molecule has 1 amide bonds. The van der Waals surface area contributed by atoms with Crippen LogP contribution in [0.5, 0.6) is 5.75 Å². The molecule has 118 valence electrons. The lowest BCUT2D eigenvalue weighted by molar-refractivity contribution is -0.0152. The number of hydroxylamine groups is 1. The summed E-state index contributed by atoms with van der Waals surface area (Å²) in [7, 11) is 1.56. The summed E-state index contributed by atoms with van der Waals surface area (Å²) >= 11 is 0. The Morgan fingerprint density at radius 1 is 1.33 bits per heavy atom. The van der Waals surface area contributed by atoms with Gasteiger partial charge in [0, 0.05) is 11.5 Å². The van der Waals surface area contributed by atoms with Crippen LogP contribution in [0.25, 0.3) is 0 Å². The summed E-state index contributed by atoms with van der Waals surface area (Å²) in [5.41, 5.74) is 2.42. The molecule has 1 aromatic carbocycles. The predicted octanol–water partition coefficient (Wildman–Crippen LogP) is 2.23. The largest absolute Gasteiger partial charge is 0.496 e. The first-order chi connectivity index (χ1) is 9.87. The third-order valence-corrected chi connectivity index (χ3v) is 2.64. The van der Waals surface area contributed by atoms with Crippen molar-refractivity contribution in [1.82, 2.24) is 5.48 Å². The lowest BCUT2D eigenvalue weighted by Gasteiger charge is -2.21. The van der Waals surface area contributed by atoms with E-state index in [1.165, 1.54) is 0 Å². The number of nitrogens with one attached hydrogen (secondary N) is 1. The van der Waals surface area contributed by atoms with Gasteiger partial charge in [-0.3, -0.25) is 4.84 Å². The summed E-state index contributed by atoms with van der Waals surface area (Å²) in [6.45, 7) is 5.26. The Hall–Kier alpha value is -1.79. The van der Waals surface area contributed by atoms with Crippen LogP contribution >= 0.6 is 0 Å². The molecule has 0 aromatic heterocycles. The van der Waals surface area contributed by atoms with Crippen molar-refractivity contribution in [2.24, 2.45) is 0 Å². The predicted molar refractivity (Wildman–Crippen MR) is 78.1 cm³/mol. The number of aliphatic hydroxyl groups is 1. The molecule has 0 spiro atoms. The molecular formula is C15H23NO5. The number of methoxy groups -OCH3 is 1. The van der Waals surface area contributed by atoms with Crippen LogP contribution in [0, 0.1) is 0 Å². The van der Waals surface area contributed by atoms with Gasteiger partial charge in [-0.05, 0) is 26.8 Å². The number of carbonyl (C=O) groups excluding carboxylic acids is 1. The molecule has 0 aliphatic carbocycles. The van der Waals surface area contributed by atoms with Crippen LogP contribution in [0.15, 0.2) is 24.3 Å². The fourth-order valence-electron chi connectivity index (χ4n) is 1.74. The minimum atomic E-state index is -0.667. The van der Waals surface area contributed by atoms with Gasteiger partial charge in [-0.15, -0.1) is 0 Å². The summed E-state index contributed by atoms with van der Waals surface area (Å²) in [5, 5.41) is 9.47. The highest BCUT2D eigenvalue weighted by Gasteiger charge is 2.18. The fourth-order valence-corrected chi connectivity index (χ4v) is 1.74. The van der Waals surface area contributed by atoms with Gasteiger partial charge in [0.2, 0.25) is 0 Å². The number of hydrogen-bond acceptors (Lipinski definition) is 5. The van der Waals surface area contributed by atoms with Crippen molar-refractivity contribution < 1.29 is 24.2 Å². The van der Waals surface area contributed by atoms with Crippen LogP contribution in [0.4, 0.5) is 4.79 Å². The van der Waals surface area contributed by atoms with Gasteiger partial charge in [0.05, 0.1) is 20.3 Å². The van der Waals surface area contributed by atoms with Gasteiger partial charge < -0.3 is 14.6 Å². The Morgan fingerprint density at radius 2 is 2.00 bits per heavy atom. The number of amides is 1. The maximum Gasteiger partial charge on any atom is 0.431 e. The highest BCUT2D eigenvalue weighted by atomic mass is 16.7. The molecular weight excluding hydrogens is 274 g/mol. The van der Waals surface area contributed by atoms with Gasteiger partial charge in [0.1, 0.15) is 11.4 Å². The summed E-state index contributed by atoms with van der Waals surface area (Å²) in [4.78, 5) is 16.6. The first-order valence-corrected chi connectivity index (χ1v) is 6.72. The van der Waals surface area contributed by atoms with Gasteiger partial charge in [-0.1, -0.05) is 18.2 Å². The van der Waals surface area contributed by atoms with Crippen LogP contribution < -0.4 is 10.2 Å². The zero-order chi connectivity index (χ0) is 15.9. The minimum absolute atomic E-state index is 0.107. The van der Waals surface area contributed by atoms with E-state index in [1.807, 2.05) is 18.2 Å². The average molecular weight is 297 g/mol. The molecule has 1 atom stereocenters. The summed E-state index contributed by atoms with van der Waals surface area (Å²) in [6, 6.07) is 7.34. The normalized spacial score (nSPS) is 12.6. The molecule has 0 heterocycles. The van der Waals surface area contributed by atoms with Crippen LogP contribution in [0.2, 0.25) is 0 Å². The molecule has 0 fully saturated rings. The summed E-state index contributed by atoms with van der Waals surface area (Å²) in [6.07, 6.45) is -0.667. The average Bonchev–Trinajstić information content (AvgIpc) is 2.42. The topological polar surface area (TPSA) is 77.0 Å². The second kappa shape index (κ2) is 7.85. The molecule has 0 saturated heterocycles. The Labute approximate surface area is 125 Å². The van der Waals surface area contributed by atoms with E-state index in [1.54, 1.807) is 33.9 Å². The number of para-hydroxylation sites is 1. The van der Waals surface area contributed by atoms with E-state index in [-0.39, 0.29) is 19.1 Å². The maximum absolute atomic E-state index is 11.4. The second-order valence-electron chi connectivity index (χ2n) is 5.54. The highest BCUT2D eigenvalue weighted by Crippen LogP contribution is 2.26. The van der Waals surface area contributed by atoms with E-state index in [0.29, 0.717) is 5.75 Å². The van der Waals surface area contributed by atoms with Crippen LogP contribution in [-0.2, 0) is 9.57 Å². The SMILES string of the molecule is COc1ccccc1C(CO)CONC(=O)OC(C)(C)C. The number of carbonyl (C=O) groups is 1. The van der Waals surface area contributed by atoms with E-state index < -0.39 is 11.7 Å². The molecule has 0 bridgehead atoms. The molecule has 0 saturated carbocycles. The van der Waals surface area contributed by atoms with Crippen LogP contribution in [0.1, 0.15) is 32.3 Å². The molecule has 21 heavy (non-hydrogen) atoms. The molecule has 1 unspecified atom stereocenters. The lowest BCUT2D eigenvalue weighted by Crippen LogP contribution is -2.33. The van der Waals surface area contributed by atoms with E-state index in [0.717, 1.165) is 5.56 Å². The van der Waals surface area contributed by atoms with Crippen molar-refractivity contribution in [1.29, 1.82) is 0 Å². The molecule has 0 radical (unpaired) electrons. The molecule has 2 N–H and O–H groups in total. The zero-order valence-corrected chi connectivity index (χ0v) is 12.9. The van der Waals surface area contributed by atoms with Crippen LogP contribution in [-0.4, -0.2) is 37.1 Å². The number of hydrogen-bond donors (Lipinski definition) is 2. The van der Waals surface area contributed by atoms with Gasteiger partial charge in [0.15, 0.2) is 0 Å². The van der Waals surface area contributed by atoms with E-state index in [9.17, 15) is 9.90 Å². The number of rotatable bonds is 6. The van der Waals surface area contributed by atoms with Crippen LogP contribution in [0.3, 0.4) is 0 Å². The van der Waals surface area contributed by atoms with Gasteiger partial charge >= 0.3 is 6.09 Å². The highest BCUT2D eigenvalue weighted by molar-refractivity contribution is 5.66. The smallest absolute Gasteiger partial charge is 0.431 e. The lowest BCUT2D eigenvalue weighted by atomic mass is 10.00. The Morgan fingerprint density at radius 3 is 2.57 bits per heavy atom. The number of ether oxygens (including phenoxy) is 2. The zero-order valence-electron chi connectivity index (χ0n) is 12.9. The van der Waals surface area contributed by atoms with E-state index in [4.69, 9.17) is 14.3 Å². The van der Waals surface area contributed by atoms with Crippen molar-refractivity contribution in [3.8, 4) is 5.75 Å². The monoisotopic (exact) mass is 297 g/mol. The van der Waals surface area contributed by atoms with E-state index >= 15 is 0 Å². The number of benzene rings is 1. The van der Waals surface area contributed by atoms with Crippen molar-refractivity contribution in [2.75, 3.05) is 20.3 Å². The third kappa shape index (κ3) is 6.01. The summed E-state index contributed by atoms with van der Waals surface area (Å²) in [5.74, 6) is 0.355. The second-order valence-corrected chi connectivity index (χ2v) is 5.54. The van der Waals surface area contributed by atoms with Crippen molar-refractivity contribution >= 4 is 6.09 Å². The fraction of sp³-hybridized carbons (Fsp3) is 0.533.